The maximum absolute atomic E-state index is 13.7. The minimum atomic E-state index is -1.28. The monoisotopic (exact) mass is 966 g/mol. The molecule has 21 heteroatoms. The predicted octanol–water partition coefficient (Wildman–Crippen LogP) is 5.41. The van der Waals surface area contributed by atoms with Crippen LogP contribution in [0.3, 0.4) is 0 Å². The van der Waals surface area contributed by atoms with Crippen LogP contribution in [0, 0.1) is 20.8 Å². The van der Waals surface area contributed by atoms with Crippen LogP contribution in [-0.2, 0) is 20.6 Å². The van der Waals surface area contributed by atoms with E-state index in [1.807, 2.05) is 0 Å². The number of ketones is 3. The third kappa shape index (κ3) is 9.34. The number of aryl methyl sites for hydroxylation is 3. The standard InChI is InChI=1S/C33H28O14.C16H14O7/c1-12-9-20(38)26(30(42)22-16(34)5-7-18(36)24(22)32(44)46-3)28(40)14(12)11-15-13(2)10-21(39)27(29(15)41)31(43)23-17(35)6-8-19(37)25(23)33(45)47-4;1-7-5-10(19)12(11(20)6-7)15(21)13-8(17)3-4-9(18)14(13)16(22)23-2/h5-10,34-41H,11H2,1-4H3;3-6,17-20H,1-2H3. The topological polar surface area (TPSA) is 373 Å². The molecule has 0 aliphatic rings. The Morgan fingerprint density at radius 3 is 0.857 bits per heavy atom. The molecule has 0 saturated heterocycles. The quantitative estimate of drug-likeness (QED) is 0.0334. The number of phenols is 12. The Morgan fingerprint density at radius 1 is 0.343 bits per heavy atom. The Hall–Kier alpha value is -9.66. The molecule has 0 atom stereocenters. The number of carbonyl (C=O) groups is 6. The van der Waals surface area contributed by atoms with Gasteiger partial charge in [0.1, 0.15) is 102 Å². The molecular weight excluding hydrogens is 925 g/mol. The number of aromatic hydroxyl groups is 12. The average Bonchev–Trinajstić information content (AvgIpc) is 3.29. The van der Waals surface area contributed by atoms with E-state index in [1.165, 1.54) is 26.0 Å². The zero-order chi connectivity index (χ0) is 52.4. The molecule has 12 N–H and O–H groups in total. The highest BCUT2D eigenvalue weighted by atomic mass is 16.5. The summed E-state index contributed by atoms with van der Waals surface area (Å²) in [6, 6.07) is 10.3. The van der Waals surface area contributed by atoms with Gasteiger partial charge in [-0.15, -0.1) is 0 Å². The summed E-state index contributed by atoms with van der Waals surface area (Å²) in [4.78, 5) is 76.5. The van der Waals surface area contributed by atoms with Gasteiger partial charge in [-0.2, -0.15) is 0 Å². The lowest BCUT2D eigenvalue weighted by Gasteiger charge is -2.19. The maximum Gasteiger partial charge on any atom is 0.342 e. The minimum Gasteiger partial charge on any atom is -0.507 e. The van der Waals surface area contributed by atoms with Gasteiger partial charge in [-0.1, -0.05) is 0 Å². The molecule has 0 aliphatic heterocycles. The molecule has 0 heterocycles. The van der Waals surface area contributed by atoms with Crippen molar-refractivity contribution in [2.75, 3.05) is 21.3 Å². The van der Waals surface area contributed by atoms with Gasteiger partial charge in [0, 0.05) is 17.5 Å². The highest BCUT2D eigenvalue weighted by molar-refractivity contribution is 6.21. The fourth-order valence-electron chi connectivity index (χ4n) is 7.43. The Balaban J connectivity index is 0.000000331. The number of rotatable bonds is 11. The highest BCUT2D eigenvalue weighted by Gasteiger charge is 2.35. The zero-order valence-electron chi connectivity index (χ0n) is 37.5. The second-order valence-corrected chi connectivity index (χ2v) is 15.2. The minimum absolute atomic E-state index is 0.0941. The van der Waals surface area contributed by atoms with Crippen molar-refractivity contribution < 1.29 is 104 Å². The van der Waals surface area contributed by atoms with E-state index >= 15 is 0 Å². The van der Waals surface area contributed by atoms with Crippen molar-refractivity contribution in [1.29, 1.82) is 0 Å². The van der Waals surface area contributed by atoms with Gasteiger partial charge < -0.3 is 75.5 Å². The first-order valence-electron chi connectivity index (χ1n) is 20.0. The summed E-state index contributed by atoms with van der Waals surface area (Å²) in [7, 11) is 2.96. The lowest BCUT2D eigenvalue weighted by Crippen LogP contribution is -2.14. The number of esters is 3. The zero-order valence-corrected chi connectivity index (χ0v) is 37.5. The van der Waals surface area contributed by atoms with Crippen LogP contribution in [0.2, 0.25) is 0 Å². The Morgan fingerprint density at radius 2 is 0.586 bits per heavy atom. The van der Waals surface area contributed by atoms with E-state index in [-0.39, 0.29) is 22.3 Å². The Kier molecular flexibility index (Phi) is 14.7. The van der Waals surface area contributed by atoms with E-state index in [9.17, 15) is 90.0 Å². The Labute approximate surface area is 394 Å². The molecule has 0 spiro atoms. The van der Waals surface area contributed by atoms with Crippen molar-refractivity contribution >= 4 is 35.3 Å². The van der Waals surface area contributed by atoms with Gasteiger partial charge in [0.25, 0.3) is 0 Å². The highest BCUT2D eigenvalue weighted by Crippen LogP contribution is 2.44. The normalized spacial score (nSPS) is 10.7. The number of benzene rings is 6. The Bertz CT molecular complexity index is 3040. The molecule has 0 radical (unpaired) electrons. The van der Waals surface area contributed by atoms with Crippen LogP contribution < -0.4 is 0 Å². The van der Waals surface area contributed by atoms with Gasteiger partial charge in [-0.3, -0.25) is 14.4 Å². The fraction of sp³-hybridized carbons (Fsp3) is 0.143. The molecular formula is C49H42O21. The molecule has 0 bridgehead atoms. The smallest absolute Gasteiger partial charge is 0.342 e. The van der Waals surface area contributed by atoms with Gasteiger partial charge >= 0.3 is 17.9 Å². The van der Waals surface area contributed by atoms with E-state index in [1.54, 1.807) is 6.92 Å². The van der Waals surface area contributed by atoms with Crippen LogP contribution in [0.25, 0.3) is 0 Å². The molecule has 6 aromatic rings. The molecule has 70 heavy (non-hydrogen) atoms. The van der Waals surface area contributed by atoms with Crippen molar-refractivity contribution in [3.8, 4) is 69.0 Å². The van der Waals surface area contributed by atoms with E-state index in [0.717, 1.165) is 69.9 Å². The largest absolute Gasteiger partial charge is 0.507 e. The number of hydrogen-bond acceptors (Lipinski definition) is 21. The van der Waals surface area contributed by atoms with Gasteiger partial charge in [-0.05, 0) is 98.1 Å². The predicted molar refractivity (Wildman–Crippen MR) is 240 cm³/mol. The van der Waals surface area contributed by atoms with E-state index < -0.39 is 161 Å². The van der Waals surface area contributed by atoms with E-state index in [0.29, 0.717) is 5.56 Å². The van der Waals surface area contributed by atoms with Crippen molar-refractivity contribution in [3.63, 3.8) is 0 Å². The summed E-state index contributed by atoms with van der Waals surface area (Å²) in [6.07, 6.45) is -0.456. The summed E-state index contributed by atoms with van der Waals surface area (Å²) in [5.41, 5.74) is -5.63. The lowest BCUT2D eigenvalue weighted by atomic mass is 9.87. The fourth-order valence-corrected chi connectivity index (χ4v) is 7.43. The average molecular weight is 967 g/mol. The van der Waals surface area contributed by atoms with E-state index in [4.69, 9.17) is 0 Å². The van der Waals surface area contributed by atoms with Crippen molar-refractivity contribution in [2.24, 2.45) is 0 Å². The van der Waals surface area contributed by atoms with E-state index in [2.05, 4.69) is 14.2 Å². The molecule has 21 nitrogen and oxygen atoms in total. The summed E-state index contributed by atoms with van der Waals surface area (Å²) < 4.78 is 13.7. The summed E-state index contributed by atoms with van der Waals surface area (Å²) >= 11 is 0. The third-order valence-corrected chi connectivity index (χ3v) is 10.8. The molecule has 0 fully saturated rings. The molecule has 0 amide bonds. The van der Waals surface area contributed by atoms with Crippen molar-refractivity contribution in [2.45, 2.75) is 27.2 Å². The first-order chi connectivity index (χ1) is 32.8. The molecule has 0 saturated carbocycles. The molecule has 364 valence electrons. The summed E-state index contributed by atoms with van der Waals surface area (Å²) in [6.45, 7) is 4.46. The van der Waals surface area contributed by atoms with Crippen molar-refractivity contribution in [1.82, 2.24) is 0 Å². The van der Waals surface area contributed by atoms with Gasteiger partial charge in [0.05, 0.1) is 38.0 Å². The van der Waals surface area contributed by atoms with Gasteiger partial charge in [0.2, 0.25) is 17.3 Å². The molecule has 0 aromatic heterocycles. The molecule has 0 unspecified atom stereocenters. The number of methoxy groups -OCH3 is 3. The molecule has 6 rings (SSSR count). The van der Waals surface area contributed by atoms with Crippen LogP contribution >= 0.6 is 0 Å². The van der Waals surface area contributed by atoms with Crippen LogP contribution in [-0.4, -0.2) is 118 Å². The summed E-state index contributed by atoms with van der Waals surface area (Å²) in [5.74, 6) is -15.6. The first-order valence-corrected chi connectivity index (χ1v) is 20.0. The number of ether oxygens (including phenoxy) is 3. The number of hydrogen-bond donors (Lipinski definition) is 12. The van der Waals surface area contributed by atoms with Crippen LogP contribution in [0.15, 0.2) is 60.7 Å². The number of carbonyl (C=O) groups excluding carboxylic acids is 6. The first kappa shape index (κ1) is 51.3. The van der Waals surface area contributed by atoms with Crippen LogP contribution in [0.5, 0.6) is 69.0 Å². The van der Waals surface area contributed by atoms with Crippen LogP contribution in [0.4, 0.5) is 0 Å². The van der Waals surface area contributed by atoms with Crippen LogP contribution in [0.1, 0.15) is 107 Å². The van der Waals surface area contributed by atoms with Gasteiger partial charge in [-0.25, -0.2) is 14.4 Å². The van der Waals surface area contributed by atoms with Gasteiger partial charge in [0.15, 0.2) is 0 Å². The number of phenolic OH excluding ortho intramolecular Hbond substituents is 12. The molecule has 6 aromatic carbocycles. The molecule has 0 aliphatic carbocycles. The second kappa shape index (κ2) is 20.1. The SMILES string of the molecule is COC(=O)c1c(O)ccc(O)c1C(=O)c1c(O)cc(C)c(Cc2c(C)cc(O)c(C(=O)c3c(O)ccc(O)c3C(=O)OC)c2O)c1O.COC(=O)c1c(O)ccc(O)c1C(=O)c1c(O)cc(C)cc1O. The lowest BCUT2D eigenvalue weighted by molar-refractivity contribution is 0.0585. The summed E-state index contributed by atoms with van der Waals surface area (Å²) in [5, 5.41) is 125. The van der Waals surface area contributed by atoms with Crippen molar-refractivity contribution in [3.05, 3.63) is 139 Å². The second-order valence-electron chi connectivity index (χ2n) is 15.2. The maximum atomic E-state index is 13.7. The third-order valence-electron chi connectivity index (χ3n) is 10.8.